The number of rotatable bonds is 7. The summed E-state index contributed by atoms with van der Waals surface area (Å²) in [5.74, 6) is -2.29. The largest absolute Gasteiger partial charge is 0.488 e. The van der Waals surface area contributed by atoms with Crippen molar-refractivity contribution >= 4 is 45.2 Å². The number of carbonyl (C=O) groups is 4. The monoisotopic (exact) mass is 714 g/mol. The highest BCUT2D eigenvalue weighted by atomic mass is 32.2. The summed E-state index contributed by atoms with van der Waals surface area (Å²) in [6.45, 7) is 5.40. The fourth-order valence-electron chi connectivity index (χ4n) is 6.87. The predicted octanol–water partition coefficient (Wildman–Crippen LogP) is 3.08. The topological polar surface area (TPSA) is 197 Å². The number of aromatic nitrogens is 2. The molecule has 0 unspecified atom stereocenters. The molecule has 4 aliphatic rings. The molecule has 16 heteroatoms. The summed E-state index contributed by atoms with van der Waals surface area (Å²) in [7, 11) is -3.98. The summed E-state index contributed by atoms with van der Waals surface area (Å²) in [5, 5.41) is 17.5. The van der Waals surface area contributed by atoms with Gasteiger partial charge in [-0.1, -0.05) is 26.0 Å². The molecule has 6 rings (SSSR count). The lowest BCUT2D eigenvalue weighted by Crippen LogP contribution is -2.59. The smallest absolute Gasteiger partial charge is 0.405 e. The molecule has 4 N–H and O–H groups in total. The molecule has 0 radical (unpaired) electrons. The van der Waals surface area contributed by atoms with E-state index in [2.05, 4.69) is 25.3 Å². The molecule has 3 fully saturated rings. The van der Waals surface area contributed by atoms with E-state index < -0.39 is 74.1 Å². The summed E-state index contributed by atoms with van der Waals surface area (Å²) < 4.78 is 33.6. The van der Waals surface area contributed by atoms with E-state index in [1.54, 1.807) is 31.5 Å². The Morgan fingerprint density at radius 2 is 1.94 bits per heavy atom. The molecular weight excluding hydrogens is 673 g/mol. The first kappa shape index (κ1) is 34.8. The minimum atomic E-state index is -3.98. The predicted molar refractivity (Wildman–Crippen MR) is 180 cm³/mol. The lowest BCUT2D eigenvalue weighted by atomic mass is 9.88. The lowest BCUT2D eigenvalue weighted by Gasteiger charge is -2.32. The van der Waals surface area contributed by atoms with Crippen LogP contribution in [0.15, 0.2) is 42.1 Å². The van der Waals surface area contributed by atoms with Crippen molar-refractivity contribution in [3.63, 3.8) is 0 Å². The van der Waals surface area contributed by atoms with Crippen LogP contribution >= 0.6 is 11.3 Å². The third-order valence-electron chi connectivity index (χ3n) is 10.2. The molecule has 2 saturated carbocycles. The van der Waals surface area contributed by atoms with Crippen molar-refractivity contribution in [1.29, 1.82) is 0 Å². The number of amides is 4. The summed E-state index contributed by atoms with van der Waals surface area (Å²) in [4.78, 5) is 64.1. The molecule has 0 aromatic carbocycles. The Balaban J connectivity index is 1.31. The molecule has 4 heterocycles. The number of nitrogens with zero attached hydrogens (tertiary/aromatic N) is 3. The molecule has 0 bridgehead atoms. The zero-order valence-corrected chi connectivity index (χ0v) is 29.3. The molecule has 1 saturated heterocycles. The molecule has 264 valence electrons. The van der Waals surface area contributed by atoms with Crippen LogP contribution in [0.4, 0.5) is 4.79 Å². The van der Waals surface area contributed by atoms with Gasteiger partial charge in [-0.25, -0.2) is 18.2 Å². The van der Waals surface area contributed by atoms with Gasteiger partial charge in [0.05, 0.1) is 11.3 Å². The summed E-state index contributed by atoms with van der Waals surface area (Å²) in [6.07, 6.45) is 8.07. The van der Waals surface area contributed by atoms with E-state index in [-0.39, 0.29) is 25.3 Å². The Kier molecular flexibility index (Phi) is 9.48. The maximum Gasteiger partial charge on any atom is 0.405 e. The van der Waals surface area contributed by atoms with Crippen LogP contribution in [0.25, 0.3) is 10.7 Å². The minimum Gasteiger partial charge on any atom is -0.488 e. The van der Waals surface area contributed by atoms with Crippen molar-refractivity contribution in [2.75, 3.05) is 6.54 Å². The van der Waals surface area contributed by atoms with Gasteiger partial charge in [0.1, 0.15) is 40.2 Å². The van der Waals surface area contributed by atoms with Crippen LogP contribution in [0.1, 0.15) is 65.7 Å². The highest BCUT2D eigenvalue weighted by Crippen LogP contribution is 2.47. The molecule has 14 nitrogen and oxygen atoms in total. The summed E-state index contributed by atoms with van der Waals surface area (Å²) in [6, 6.07) is 1.12. The molecule has 2 aromatic heterocycles. The van der Waals surface area contributed by atoms with Crippen LogP contribution < -0.4 is 20.1 Å². The standard InChI is InChI=1S/C33H42N6O8S2/c1-19-6-4-5-7-21-17-33(21,30(42)38-49(45,46)32(3)9-10-32)37-27(40)25-16-23(18-39(25)29(41)26(20(2)14-19)36-31(43)44)47-22-8-11-34-24(15-22)28-35-12-13-48-28/h5,7-8,11-13,15,19-21,23,25-26,36H,4,6,9-10,14,16-18H2,1-3H3,(H,37,40)(H,38,42)(H,43,44)/b7-5-/t19-,20-,21-,23-,25+,26+,33-/m1/s1. The maximum absolute atomic E-state index is 14.3. The molecule has 2 aromatic rings. The molecule has 49 heavy (non-hydrogen) atoms. The van der Waals surface area contributed by atoms with Gasteiger partial charge < -0.3 is 25.4 Å². The van der Waals surface area contributed by atoms with E-state index in [1.165, 1.54) is 16.2 Å². The quantitative estimate of drug-likeness (QED) is 0.310. The number of hydrogen-bond donors (Lipinski definition) is 4. The van der Waals surface area contributed by atoms with Gasteiger partial charge in [0.2, 0.25) is 21.8 Å². The van der Waals surface area contributed by atoms with Crippen LogP contribution in [0.3, 0.4) is 0 Å². The molecule has 0 spiro atoms. The zero-order valence-electron chi connectivity index (χ0n) is 27.6. The first-order valence-corrected chi connectivity index (χ1v) is 19.0. The fourth-order valence-corrected chi connectivity index (χ4v) is 8.79. The van der Waals surface area contributed by atoms with Crippen molar-refractivity contribution in [3.05, 3.63) is 42.1 Å². The van der Waals surface area contributed by atoms with Crippen molar-refractivity contribution in [3.8, 4) is 16.5 Å². The number of carboxylic acid groups (broad SMARTS) is 1. The number of sulfonamides is 1. The van der Waals surface area contributed by atoms with E-state index in [1.807, 2.05) is 31.4 Å². The van der Waals surface area contributed by atoms with Crippen LogP contribution in [-0.4, -0.2) is 87.2 Å². The maximum atomic E-state index is 14.3. The third kappa shape index (κ3) is 7.30. The lowest BCUT2D eigenvalue weighted by molar-refractivity contribution is -0.142. The number of pyridine rings is 1. The van der Waals surface area contributed by atoms with Crippen LogP contribution in [0.2, 0.25) is 0 Å². The number of nitrogens with one attached hydrogen (secondary N) is 3. The fraction of sp³-hybridized carbons (Fsp3) is 0.576. The van der Waals surface area contributed by atoms with E-state index in [9.17, 15) is 32.7 Å². The highest BCUT2D eigenvalue weighted by Gasteiger charge is 2.63. The molecular formula is C33H42N6O8S2. The first-order valence-electron chi connectivity index (χ1n) is 16.6. The van der Waals surface area contributed by atoms with Gasteiger partial charge in [0.15, 0.2) is 0 Å². The normalized spacial score (nSPS) is 31.9. The minimum absolute atomic E-state index is 0.0266. The van der Waals surface area contributed by atoms with Crippen LogP contribution in [-0.2, 0) is 24.4 Å². The second-order valence-electron chi connectivity index (χ2n) is 14.1. The van der Waals surface area contributed by atoms with Gasteiger partial charge >= 0.3 is 6.09 Å². The van der Waals surface area contributed by atoms with Crippen molar-refractivity contribution in [2.24, 2.45) is 17.8 Å². The van der Waals surface area contributed by atoms with Crippen LogP contribution in [0, 0.1) is 17.8 Å². The van der Waals surface area contributed by atoms with Crippen molar-refractivity contribution in [1.82, 2.24) is 30.2 Å². The Bertz CT molecular complexity index is 1750. The number of thiazole rings is 1. The number of hydrogen-bond acceptors (Lipinski definition) is 10. The molecule has 2 aliphatic carbocycles. The average molecular weight is 715 g/mol. The summed E-state index contributed by atoms with van der Waals surface area (Å²) in [5.41, 5.74) is -0.927. The van der Waals surface area contributed by atoms with Gasteiger partial charge in [0.25, 0.3) is 5.91 Å². The van der Waals surface area contributed by atoms with Gasteiger partial charge in [-0.05, 0) is 63.4 Å². The van der Waals surface area contributed by atoms with E-state index in [0.717, 1.165) is 6.42 Å². The van der Waals surface area contributed by atoms with Crippen molar-refractivity contribution in [2.45, 2.75) is 94.2 Å². The number of carbonyl (C=O) groups excluding carboxylic acids is 3. The Morgan fingerprint density at radius 3 is 2.63 bits per heavy atom. The first-order chi connectivity index (χ1) is 23.2. The van der Waals surface area contributed by atoms with E-state index >= 15 is 0 Å². The van der Waals surface area contributed by atoms with Crippen molar-refractivity contribution < 1.29 is 37.4 Å². The van der Waals surface area contributed by atoms with E-state index in [0.29, 0.717) is 42.1 Å². The molecule has 7 atom stereocenters. The number of ether oxygens (including phenoxy) is 1. The SMILES string of the molecule is C[C@@H]1CC/C=C\[C@@H]2C[C@@]2(C(=O)NS(=O)(=O)C2(C)CC2)NC(=O)[C@@H]2C[C@@H](Oc3ccnc(-c4nccs4)c3)CN2C(=O)[C@@H](NC(=O)O)[C@H](C)C1. The van der Waals surface area contributed by atoms with E-state index in [4.69, 9.17) is 4.74 Å². The van der Waals surface area contributed by atoms with Gasteiger partial charge in [-0.3, -0.25) is 24.1 Å². The second kappa shape index (κ2) is 13.3. The molecule has 2 aliphatic heterocycles. The number of fused-ring (bicyclic) bond motifs is 2. The highest BCUT2D eigenvalue weighted by molar-refractivity contribution is 7.91. The summed E-state index contributed by atoms with van der Waals surface area (Å²) >= 11 is 1.41. The Morgan fingerprint density at radius 1 is 1.16 bits per heavy atom. The van der Waals surface area contributed by atoms with Crippen LogP contribution in [0.5, 0.6) is 5.75 Å². The third-order valence-corrected chi connectivity index (χ3v) is 13.2. The average Bonchev–Trinajstić information content (AvgIpc) is 3.79. The second-order valence-corrected chi connectivity index (χ2v) is 17.2. The Hall–Kier alpha value is -4.05. The zero-order chi connectivity index (χ0) is 35.1. The number of allylic oxidation sites excluding steroid dienone is 1. The van der Waals surface area contributed by atoms with Gasteiger partial charge in [0, 0.05) is 36.2 Å². The van der Waals surface area contributed by atoms with Gasteiger partial charge in [-0.15, -0.1) is 11.3 Å². The van der Waals surface area contributed by atoms with Gasteiger partial charge in [-0.2, -0.15) is 0 Å². The molecule has 4 amide bonds. The Labute approximate surface area is 289 Å².